The minimum atomic E-state index is -0.272. The lowest BCUT2D eigenvalue weighted by Crippen LogP contribution is -2.36. The molecule has 0 spiro atoms. The lowest BCUT2D eigenvalue weighted by atomic mass is 10.2. The molecule has 2 N–H and O–H groups in total. The molecule has 1 aliphatic rings. The van der Waals surface area contributed by atoms with Gasteiger partial charge in [0, 0.05) is 18.7 Å². The number of rotatable bonds is 4. The van der Waals surface area contributed by atoms with Crippen molar-refractivity contribution >= 4 is 11.5 Å². The molecule has 7 nitrogen and oxygen atoms in total. The Balaban J connectivity index is 2.03. The second-order valence-electron chi connectivity index (χ2n) is 5.24. The Labute approximate surface area is 116 Å². The van der Waals surface area contributed by atoms with Crippen molar-refractivity contribution in [3.05, 3.63) is 22.4 Å². The van der Waals surface area contributed by atoms with Crippen molar-refractivity contribution < 1.29 is 5.11 Å². The first-order chi connectivity index (χ1) is 9.70. The van der Waals surface area contributed by atoms with Gasteiger partial charge in [0.05, 0.1) is 6.61 Å². The maximum atomic E-state index is 11.6. The van der Waals surface area contributed by atoms with Crippen LogP contribution in [0.5, 0.6) is 0 Å². The van der Waals surface area contributed by atoms with Crippen molar-refractivity contribution in [3.63, 3.8) is 0 Å². The Morgan fingerprint density at radius 2 is 2.25 bits per heavy atom. The standard InChI is InChI=1S/C13H19N5O2/c1-9-14-11(8-12-15-16-13(20)18(9)12)17(6-7-19)10-4-2-3-5-10/h8,10,19H,2-7H2,1H3,(H,16,20). The number of hydrogen-bond acceptors (Lipinski definition) is 5. The summed E-state index contributed by atoms with van der Waals surface area (Å²) >= 11 is 0. The van der Waals surface area contributed by atoms with Crippen molar-refractivity contribution in [2.75, 3.05) is 18.1 Å². The molecule has 0 saturated heterocycles. The molecule has 0 aliphatic heterocycles. The third-order valence-corrected chi connectivity index (χ3v) is 3.96. The summed E-state index contributed by atoms with van der Waals surface area (Å²) in [5.74, 6) is 1.40. The predicted molar refractivity (Wildman–Crippen MR) is 75.0 cm³/mol. The number of aliphatic hydroxyl groups is 1. The summed E-state index contributed by atoms with van der Waals surface area (Å²) in [5.41, 5.74) is 0.296. The molecule has 0 unspecified atom stereocenters. The number of hydrogen-bond donors (Lipinski definition) is 2. The quantitative estimate of drug-likeness (QED) is 0.848. The fourth-order valence-corrected chi connectivity index (χ4v) is 3.04. The van der Waals surface area contributed by atoms with E-state index >= 15 is 0 Å². The Hall–Kier alpha value is -1.89. The largest absolute Gasteiger partial charge is 0.395 e. The fourth-order valence-electron chi connectivity index (χ4n) is 3.04. The molecule has 1 saturated carbocycles. The van der Waals surface area contributed by atoms with Crippen LogP contribution in [0.3, 0.4) is 0 Å². The molecule has 2 aromatic rings. The molecule has 3 rings (SSSR count). The molecule has 0 radical (unpaired) electrons. The summed E-state index contributed by atoms with van der Waals surface area (Å²) in [6, 6.07) is 2.22. The van der Waals surface area contributed by atoms with Crippen LogP contribution in [-0.4, -0.2) is 43.9 Å². The average molecular weight is 277 g/mol. The first-order valence-electron chi connectivity index (χ1n) is 7.03. The van der Waals surface area contributed by atoms with Crippen LogP contribution in [0, 0.1) is 6.92 Å². The van der Waals surface area contributed by atoms with Gasteiger partial charge in [-0.05, 0) is 19.8 Å². The van der Waals surface area contributed by atoms with Gasteiger partial charge >= 0.3 is 5.69 Å². The number of nitrogens with zero attached hydrogens (tertiary/aromatic N) is 4. The van der Waals surface area contributed by atoms with Gasteiger partial charge < -0.3 is 10.0 Å². The summed E-state index contributed by atoms with van der Waals surface area (Å²) < 4.78 is 1.45. The van der Waals surface area contributed by atoms with Gasteiger partial charge in [-0.1, -0.05) is 12.8 Å². The minimum absolute atomic E-state index is 0.0930. The van der Waals surface area contributed by atoms with Gasteiger partial charge in [0.15, 0.2) is 5.65 Å². The smallest absolute Gasteiger partial charge is 0.349 e. The summed E-state index contributed by atoms with van der Waals surface area (Å²) in [5, 5.41) is 15.7. The molecule has 1 fully saturated rings. The average Bonchev–Trinajstić information content (AvgIpc) is 3.06. The van der Waals surface area contributed by atoms with E-state index in [-0.39, 0.29) is 12.3 Å². The molecule has 0 amide bonds. The van der Waals surface area contributed by atoms with E-state index in [1.165, 1.54) is 17.2 Å². The number of aromatic amines is 1. The minimum Gasteiger partial charge on any atom is -0.395 e. The third-order valence-electron chi connectivity index (χ3n) is 3.96. The zero-order chi connectivity index (χ0) is 14.1. The van der Waals surface area contributed by atoms with E-state index in [1.807, 2.05) is 0 Å². The Bertz CT molecular complexity index is 656. The molecule has 7 heteroatoms. The van der Waals surface area contributed by atoms with Crippen molar-refractivity contribution in [2.45, 2.75) is 38.6 Å². The van der Waals surface area contributed by atoms with Gasteiger partial charge in [-0.2, -0.15) is 5.10 Å². The highest BCUT2D eigenvalue weighted by Gasteiger charge is 2.24. The highest BCUT2D eigenvalue weighted by molar-refractivity contribution is 5.52. The van der Waals surface area contributed by atoms with Crippen molar-refractivity contribution in [3.8, 4) is 0 Å². The molecule has 2 aromatic heterocycles. The van der Waals surface area contributed by atoms with E-state index < -0.39 is 0 Å². The van der Waals surface area contributed by atoms with E-state index in [0.717, 1.165) is 18.7 Å². The lowest BCUT2D eigenvalue weighted by molar-refractivity contribution is 0.296. The first-order valence-corrected chi connectivity index (χ1v) is 7.03. The van der Waals surface area contributed by atoms with Crippen LogP contribution in [0.2, 0.25) is 0 Å². The number of nitrogens with one attached hydrogen (secondary N) is 1. The van der Waals surface area contributed by atoms with E-state index in [0.29, 0.717) is 24.1 Å². The Morgan fingerprint density at radius 3 is 2.95 bits per heavy atom. The van der Waals surface area contributed by atoms with Crippen molar-refractivity contribution in [2.24, 2.45) is 0 Å². The Morgan fingerprint density at radius 1 is 1.50 bits per heavy atom. The summed E-state index contributed by atoms with van der Waals surface area (Å²) in [6.45, 7) is 2.44. The first kappa shape index (κ1) is 13.1. The van der Waals surface area contributed by atoms with Crippen LogP contribution >= 0.6 is 0 Å². The van der Waals surface area contributed by atoms with Gasteiger partial charge in [0.25, 0.3) is 0 Å². The van der Waals surface area contributed by atoms with Crippen LogP contribution in [0.1, 0.15) is 31.5 Å². The van der Waals surface area contributed by atoms with E-state index in [4.69, 9.17) is 0 Å². The predicted octanol–water partition coefficient (Wildman–Crippen LogP) is 0.467. The summed E-state index contributed by atoms with van der Waals surface area (Å²) in [7, 11) is 0. The van der Waals surface area contributed by atoms with E-state index in [2.05, 4.69) is 20.1 Å². The van der Waals surface area contributed by atoms with Gasteiger partial charge in [0.2, 0.25) is 0 Å². The zero-order valence-electron chi connectivity index (χ0n) is 11.5. The van der Waals surface area contributed by atoms with E-state index in [9.17, 15) is 9.90 Å². The summed E-state index contributed by atoms with van der Waals surface area (Å²) in [6.07, 6.45) is 4.68. The summed E-state index contributed by atoms with van der Waals surface area (Å²) in [4.78, 5) is 18.3. The fraction of sp³-hybridized carbons (Fsp3) is 0.615. The van der Waals surface area contributed by atoms with Gasteiger partial charge in [0.1, 0.15) is 11.6 Å². The van der Waals surface area contributed by atoms with Crippen LogP contribution in [0.25, 0.3) is 5.65 Å². The van der Waals surface area contributed by atoms with Gasteiger partial charge in [-0.25, -0.2) is 19.3 Å². The molecule has 0 atom stereocenters. The highest BCUT2D eigenvalue weighted by Crippen LogP contribution is 2.27. The van der Waals surface area contributed by atoms with Crippen LogP contribution < -0.4 is 10.6 Å². The molecule has 0 bridgehead atoms. The number of aromatic nitrogens is 4. The maximum Gasteiger partial charge on any atom is 0.349 e. The maximum absolute atomic E-state index is 11.6. The van der Waals surface area contributed by atoms with Crippen molar-refractivity contribution in [1.29, 1.82) is 0 Å². The lowest BCUT2D eigenvalue weighted by Gasteiger charge is -2.29. The number of H-pyrrole nitrogens is 1. The van der Waals surface area contributed by atoms with Gasteiger partial charge in [-0.3, -0.25) is 0 Å². The third kappa shape index (κ3) is 2.18. The van der Waals surface area contributed by atoms with Crippen LogP contribution in [-0.2, 0) is 0 Å². The SMILES string of the molecule is Cc1nc(N(CCO)C2CCCC2)cc2n[nH]c(=O)n12. The molecule has 2 heterocycles. The molecular formula is C13H19N5O2. The van der Waals surface area contributed by atoms with E-state index in [1.54, 1.807) is 13.0 Å². The molecule has 1 aliphatic carbocycles. The Kier molecular flexibility index (Phi) is 3.43. The number of aryl methyl sites for hydroxylation is 1. The van der Waals surface area contributed by atoms with Crippen LogP contribution in [0.15, 0.2) is 10.9 Å². The normalized spacial score (nSPS) is 16.1. The number of anilines is 1. The highest BCUT2D eigenvalue weighted by atomic mass is 16.3. The second kappa shape index (κ2) is 5.24. The monoisotopic (exact) mass is 277 g/mol. The van der Waals surface area contributed by atoms with Gasteiger partial charge in [-0.15, -0.1) is 0 Å². The molecule has 0 aromatic carbocycles. The molecule has 108 valence electrons. The van der Waals surface area contributed by atoms with Crippen molar-refractivity contribution in [1.82, 2.24) is 19.6 Å². The number of aliphatic hydroxyl groups excluding tert-OH is 1. The zero-order valence-corrected chi connectivity index (χ0v) is 11.5. The molecular weight excluding hydrogens is 258 g/mol. The topological polar surface area (TPSA) is 86.5 Å². The second-order valence-corrected chi connectivity index (χ2v) is 5.24. The molecule has 20 heavy (non-hydrogen) atoms. The van der Waals surface area contributed by atoms with Crippen LogP contribution in [0.4, 0.5) is 5.82 Å². The number of fused-ring (bicyclic) bond motifs is 1.